The fraction of sp³-hybridized carbons (Fsp3) is 0.444. The van der Waals surface area contributed by atoms with E-state index < -0.39 is 0 Å². The average molecular weight is 299 g/mol. The van der Waals surface area contributed by atoms with E-state index in [1.165, 1.54) is 5.56 Å². The van der Waals surface area contributed by atoms with Crippen molar-refractivity contribution >= 4 is 16.8 Å². The Bertz CT molecular complexity index is 652. The minimum atomic E-state index is -0.208. The molecule has 2 N–H and O–H groups in total. The monoisotopic (exact) mass is 299 g/mol. The molecular formula is C18H25N3O. The molecule has 0 aliphatic heterocycles. The first-order chi connectivity index (χ1) is 10.4. The average Bonchev–Trinajstić information content (AvgIpc) is 2.43. The zero-order valence-corrected chi connectivity index (χ0v) is 13.8. The smallest absolute Gasteiger partial charge is 0.217 e. The molecule has 1 aromatic heterocycles. The largest absolute Gasteiger partial charge is 0.351 e. The van der Waals surface area contributed by atoms with Gasteiger partial charge in [0, 0.05) is 36.6 Å². The number of carbonyl (C=O) groups is 1. The molecule has 0 fully saturated rings. The van der Waals surface area contributed by atoms with E-state index in [-0.39, 0.29) is 11.4 Å². The summed E-state index contributed by atoms with van der Waals surface area (Å²) in [6.45, 7) is 8.56. The van der Waals surface area contributed by atoms with Crippen LogP contribution in [0, 0.1) is 0 Å². The number of pyridine rings is 1. The Labute approximate surface area is 132 Å². The van der Waals surface area contributed by atoms with Crippen molar-refractivity contribution in [3.63, 3.8) is 0 Å². The van der Waals surface area contributed by atoms with Crippen LogP contribution in [0.15, 0.2) is 36.5 Å². The van der Waals surface area contributed by atoms with Gasteiger partial charge in [-0.2, -0.15) is 0 Å². The summed E-state index contributed by atoms with van der Waals surface area (Å²) in [5.41, 5.74) is 1.98. The number of amides is 1. The molecule has 4 heteroatoms. The highest BCUT2D eigenvalue weighted by molar-refractivity contribution is 5.78. The van der Waals surface area contributed by atoms with Crippen LogP contribution in [0.1, 0.15) is 39.7 Å². The lowest BCUT2D eigenvalue weighted by Crippen LogP contribution is -2.46. The summed E-state index contributed by atoms with van der Waals surface area (Å²) in [6, 6.07) is 10.6. The minimum absolute atomic E-state index is 0.0101. The first-order valence-corrected chi connectivity index (χ1v) is 7.71. The summed E-state index contributed by atoms with van der Waals surface area (Å²) in [5, 5.41) is 7.64. The number of nitrogens with zero attached hydrogens (tertiary/aromatic N) is 1. The molecule has 22 heavy (non-hydrogen) atoms. The van der Waals surface area contributed by atoms with Gasteiger partial charge in [0.15, 0.2) is 0 Å². The van der Waals surface area contributed by atoms with Crippen molar-refractivity contribution in [1.29, 1.82) is 0 Å². The molecule has 1 aromatic carbocycles. The molecule has 1 atom stereocenters. The first kappa shape index (κ1) is 16.4. The fourth-order valence-corrected chi connectivity index (χ4v) is 2.87. The van der Waals surface area contributed by atoms with Crippen molar-refractivity contribution in [2.75, 3.05) is 0 Å². The summed E-state index contributed by atoms with van der Waals surface area (Å²) >= 11 is 0. The Morgan fingerprint density at radius 2 is 2.05 bits per heavy atom. The number of hydrogen-bond acceptors (Lipinski definition) is 3. The molecule has 1 heterocycles. The Morgan fingerprint density at radius 3 is 2.77 bits per heavy atom. The van der Waals surface area contributed by atoms with Crippen molar-refractivity contribution in [2.45, 2.75) is 52.2 Å². The Balaban J connectivity index is 1.92. The normalized spacial score (nSPS) is 13.1. The molecule has 0 unspecified atom stereocenters. The van der Waals surface area contributed by atoms with E-state index in [1.807, 2.05) is 38.2 Å². The SMILES string of the molecule is CC(=O)NC(C)(C)C[C@H](C)NCc1cnc2ccccc2c1. The highest BCUT2D eigenvalue weighted by Crippen LogP contribution is 2.14. The number of hydrogen-bond donors (Lipinski definition) is 2. The molecular weight excluding hydrogens is 274 g/mol. The fourth-order valence-electron chi connectivity index (χ4n) is 2.87. The topological polar surface area (TPSA) is 54.0 Å². The van der Waals surface area contributed by atoms with Crippen LogP contribution in [0.2, 0.25) is 0 Å². The van der Waals surface area contributed by atoms with Gasteiger partial charge in [0.05, 0.1) is 5.52 Å². The third-order valence-corrected chi connectivity index (χ3v) is 3.63. The van der Waals surface area contributed by atoms with E-state index in [0.29, 0.717) is 6.04 Å². The quantitative estimate of drug-likeness (QED) is 0.862. The molecule has 0 spiro atoms. The highest BCUT2D eigenvalue weighted by atomic mass is 16.1. The second-order valence-corrected chi connectivity index (χ2v) is 6.59. The summed E-state index contributed by atoms with van der Waals surface area (Å²) in [7, 11) is 0. The van der Waals surface area contributed by atoms with E-state index in [2.05, 4.69) is 34.7 Å². The molecule has 0 aliphatic carbocycles. The number of rotatable bonds is 6. The second kappa shape index (κ2) is 6.88. The van der Waals surface area contributed by atoms with Gasteiger partial charge in [-0.25, -0.2) is 0 Å². The van der Waals surface area contributed by atoms with Crippen LogP contribution in [0.5, 0.6) is 0 Å². The van der Waals surface area contributed by atoms with Crippen molar-refractivity contribution in [3.8, 4) is 0 Å². The van der Waals surface area contributed by atoms with Gasteiger partial charge >= 0.3 is 0 Å². The second-order valence-electron chi connectivity index (χ2n) is 6.59. The minimum Gasteiger partial charge on any atom is -0.351 e. The zero-order chi connectivity index (χ0) is 16.2. The Hall–Kier alpha value is -1.94. The predicted octanol–water partition coefficient (Wildman–Crippen LogP) is 3.02. The number of aromatic nitrogens is 1. The van der Waals surface area contributed by atoms with Crippen molar-refractivity contribution < 1.29 is 4.79 Å². The van der Waals surface area contributed by atoms with Gasteiger partial charge < -0.3 is 10.6 Å². The van der Waals surface area contributed by atoms with Crippen LogP contribution in [-0.4, -0.2) is 22.5 Å². The van der Waals surface area contributed by atoms with Crippen LogP contribution in [-0.2, 0) is 11.3 Å². The maximum Gasteiger partial charge on any atom is 0.217 e. The third kappa shape index (κ3) is 4.81. The van der Waals surface area contributed by atoms with Crippen molar-refractivity contribution in [3.05, 3.63) is 42.1 Å². The van der Waals surface area contributed by atoms with Gasteiger partial charge in [-0.05, 0) is 44.9 Å². The van der Waals surface area contributed by atoms with E-state index in [9.17, 15) is 4.79 Å². The number of para-hydroxylation sites is 1. The van der Waals surface area contributed by atoms with Crippen LogP contribution in [0.4, 0.5) is 0 Å². The van der Waals surface area contributed by atoms with E-state index >= 15 is 0 Å². The van der Waals surface area contributed by atoms with Gasteiger partial charge in [-0.3, -0.25) is 9.78 Å². The summed E-state index contributed by atoms with van der Waals surface area (Å²) in [4.78, 5) is 15.7. The van der Waals surface area contributed by atoms with Crippen LogP contribution in [0.3, 0.4) is 0 Å². The maximum absolute atomic E-state index is 11.2. The number of benzene rings is 1. The molecule has 0 saturated heterocycles. The molecule has 0 aliphatic rings. The van der Waals surface area contributed by atoms with Crippen LogP contribution < -0.4 is 10.6 Å². The van der Waals surface area contributed by atoms with Gasteiger partial charge in [0.1, 0.15) is 0 Å². The molecule has 0 bridgehead atoms. The molecule has 118 valence electrons. The lowest BCUT2D eigenvalue weighted by molar-refractivity contribution is -0.120. The standard InChI is InChI=1S/C18H25N3O/c1-13(10-18(3,4)21-14(2)22)19-11-15-9-16-7-5-6-8-17(16)20-12-15/h5-9,12-13,19H,10-11H2,1-4H3,(H,21,22)/t13-/m0/s1. The van der Waals surface area contributed by atoms with Crippen molar-refractivity contribution in [2.24, 2.45) is 0 Å². The lowest BCUT2D eigenvalue weighted by Gasteiger charge is -2.29. The number of nitrogens with one attached hydrogen (secondary N) is 2. The van der Waals surface area contributed by atoms with Crippen LogP contribution in [0.25, 0.3) is 10.9 Å². The Kier molecular flexibility index (Phi) is 5.14. The van der Waals surface area contributed by atoms with Gasteiger partial charge in [-0.15, -0.1) is 0 Å². The van der Waals surface area contributed by atoms with Gasteiger partial charge in [0.25, 0.3) is 0 Å². The third-order valence-electron chi connectivity index (χ3n) is 3.63. The van der Waals surface area contributed by atoms with E-state index in [1.54, 1.807) is 6.92 Å². The molecule has 1 amide bonds. The Morgan fingerprint density at radius 1 is 1.32 bits per heavy atom. The molecule has 0 saturated carbocycles. The van der Waals surface area contributed by atoms with Crippen molar-refractivity contribution in [1.82, 2.24) is 15.6 Å². The molecule has 0 radical (unpaired) electrons. The summed E-state index contributed by atoms with van der Waals surface area (Å²) < 4.78 is 0. The van der Waals surface area contributed by atoms with E-state index in [0.717, 1.165) is 23.9 Å². The summed E-state index contributed by atoms with van der Waals surface area (Å²) in [6.07, 6.45) is 2.79. The van der Waals surface area contributed by atoms with Gasteiger partial charge in [-0.1, -0.05) is 18.2 Å². The first-order valence-electron chi connectivity index (χ1n) is 7.71. The maximum atomic E-state index is 11.2. The van der Waals surface area contributed by atoms with Crippen LogP contribution >= 0.6 is 0 Å². The number of fused-ring (bicyclic) bond motifs is 1. The highest BCUT2D eigenvalue weighted by Gasteiger charge is 2.21. The summed E-state index contributed by atoms with van der Waals surface area (Å²) in [5.74, 6) is 0.0101. The molecule has 4 nitrogen and oxygen atoms in total. The predicted molar refractivity (Wildman–Crippen MR) is 90.6 cm³/mol. The molecule has 2 rings (SSSR count). The number of carbonyl (C=O) groups excluding carboxylic acids is 1. The zero-order valence-electron chi connectivity index (χ0n) is 13.8. The lowest BCUT2D eigenvalue weighted by atomic mass is 9.95. The molecule has 2 aromatic rings. The van der Waals surface area contributed by atoms with E-state index in [4.69, 9.17) is 0 Å². The van der Waals surface area contributed by atoms with Gasteiger partial charge in [0.2, 0.25) is 5.91 Å².